The zero-order chi connectivity index (χ0) is 28.1. The summed E-state index contributed by atoms with van der Waals surface area (Å²) in [4.78, 5) is 21.0. The average Bonchev–Trinajstić information content (AvgIpc) is 2.95. The fourth-order valence-corrected chi connectivity index (χ4v) is 4.07. The topological polar surface area (TPSA) is 94.6 Å². The number of fused-ring (bicyclic) bond motifs is 1. The third kappa shape index (κ3) is 6.22. The number of hydrogen-bond donors (Lipinski definition) is 2. The van der Waals surface area contributed by atoms with E-state index in [-0.39, 0.29) is 10.9 Å². The van der Waals surface area contributed by atoms with Crippen LogP contribution in [0.3, 0.4) is 0 Å². The van der Waals surface area contributed by atoms with Crippen LogP contribution in [0.25, 0.3) is 10.9 Å². The summed E-state index contributed by atoms with van der Waals surface area (Å²) in [6, 6.07) is 21.9. The molecule has 0 aliphatic heterocycles. The lowest BCUT2D eigenvalue weighted by Crippen LogP contribution is -2.19. The number of rotatable bonds is 8. The molecule has 10 heteroatoms. The Kier molecular flexibility index (Phi) is 7.93. The SMILES string of the molecule is COc1cc2c(Oc3ccc(NC(=O)Nc4ccc(C)c(F)c4)c(Cl)c3)ncnc2cc1OCc1ccccc1. The van der Waals surface area contributed by atoms with Gasteiger partial charge in [0.2, 0.25) is 5.88 Å². The van der Waals surface area contributed by atoms with Crippen LogP contribution in [0.4, 0.5) is 20.6 Å². The molecule has 0 radical (unpaired) electrons. The molecule has 2 N–H and O–H groups in total. The number of urea groups is 1. The van der Waals surface area contributed by atoms with E-state index in [1.165, 1.54) is 12.4 Å². The van der Waals surface area contributed by atoms with Gasteiger partial charge < -0.3 is 24.8 Å². The highest BCUT2D eigenvalue weighted by molar-refractivity contribution is 6.34. The molecule has 0 bridgehead atoms. The molecule has 0 fully saturated rings. The minimum Gasteiger partial charge on any atom is -0.493 e. The molecule has 2 amide bonds. The Labute approximate surface area is 234 Å². The largest absolute Gasteiger partial charge is 0.493 e. The molecule has 0 aliphatic rings. The van der Waals surface area contributed by atoms with Gasteiger partial charge in [-0.1, -0.05) is 48.0 Å². The van der Waals surface area contributed by atoms with Gasteiger partial charge in [-0.15, -0.1) is 0 Å². The Hall–Kier alpha value is -4.89. The standard InChI is InChI=1S/C30H24ClFN4O4/c1-18-8-9-20(12-24(18)32)35-30(37)36-25-11-10-21(13-23(25)31)40-29-22-14-27(38-2)28(15-26(22)33-17-34-29)39-16-19-6-4-3-5-7-19/h3-15,17H,16H2,1-2H3,(H2,35,36,37). The number of ether oxygens (including phenoxy) is 3. The molecule has 0 saturated carbocycles. The molecule has 1 aromatic heterocycles. The average molecular weight is 559 g/mol. The second kappa shape index (κ2) is 11.9. The Bertz CT molecular complexity index is 1680. The van der Waals surface area contributed by atoms with Crippen molar-refractivity contribution in [2.45, 2.75) is 13.5 Å². The number of carbonyl (C=O) groups excluding carboxylic acids is 1. The molecular formula is C30H24ClFN4O4. The second-order valence-electron chi connectivity index (χ2n) is 8.76. The maximum absolute atomic E-state index is 13.8. The first-order chi connectivity index (χ1) is 19.4. The number of hydrogen-bond acceptors (Lipinski definition) is 6. The number of aromatic nitrogens is 2. The number of halogens is 2. The van der Waals surface area contributed by atoms with E-state index in [9.17, 15) is 9.18 Å². The number of amides is 2. The smallest absolute Gasteiger partial charge is 0.323 e. The summed E-state index contributed by atoms with van der Waals surface area (Å²) in [5.41, 5.74) is 2.76. The van der Waals surface area contributed by atoms with E-state index in [1.807, 2.05) is 30.3 Å². The maximum Gasteiger partial charge on any atom is 0.323 e. The van der Waals surface area contributed by atoms with E-state index in [1.54, 1.807) is 56.5 Å². The molecule has 5 rings (SSSR count). The van der Waals surface area contributed by atoms with E-state index in [0.29, 0.717) is 51.7 Å². The van der Waals surface area contributed by atoms with Crippen molar-refractivity contribution in [2.24, 2.45) is 0 Å². The first-order valence-electron chi connectivity index (χ1n) is 12.2. The molecular weight excluding hydrogens is 535 g/mol. The zero-order valence-electron chi connectivity index (χ0n) is 21.6. The number of nitrogens with one attached hydrogen (secondary N) is 2. The van der Waals surface area contributed by atoms with Gasteiger partial charge in [0.25, 0.3) is 0 Å². The van der Waals surface area contributed by atoms with Gasteiger partial charge in [-0.25, -0.2) is 19.2 Å². The van der Waals surface area contributed by atoms with E-state index in [0.717, 1.165) is 5.56 Å². The molecule has 0 aliphatic carbocycles. The van der Waals surface area contributed by atoms with E-state index < -0.39 is 11.8 Å². The van der Waals surface area contributed by atoms with E-state index in [2.05, 4.69) is 20.6 Å². The van der Waals surface area contributed by atoms with Crippen LogP contribution in [-0.2, 0) is 6.61 Å². The van der Waals surface area contributed by atoms with Crippen LogP contribution in [0.1, 0.15) is 11.1 Å². The summed E-state index contributed by atoms with van der Waals surface area (Å²) in [5.74, 6) is 1.30. The molecule has 5 aromatic rings. The minimum absolute atomic E-state index is 0.232. The van der Waals surface area contributed by atoms with Crippen molar-refractivity contribution >= 4 is 39.9 Å². The third-order valence-electron chi connectivity index (χ3n) is 5.95. The molecule has 202 valence electrons. The van der Waals surface area contributed by atoms with Gasteiger partial charge in [0.15, 0.2) is 11.5 Å². The van der Waals surface area contributed by atoms with Crippen LogP contribution in [-0.4, -0.2) is 23.1 Å². The van der Waals surface area contributed by atoms with Gasteiger partial charge in [0.05, 0.1) is 28.7 Å². The van der Waals surface area contributed by atoms with Crippen molar-refractivity contribution in [1.82, 2.24) is 9.97 Å². The fourth-order valence-electron chi connectivity index (χ4n) is 3.86. The highest BCUT2D eigenvalue weighted by atomic mass is 35.5. The number of carbonyl (C=O) groups is 1. The third-order valence-corrected chi connectivity index (χ3v) is 6.27. The van der Waals surface area contributed by atoms with Crippen LogP contribution < -0.4 is 24.8 Å². The molecule has 4 aromatic carbocycles. The Morgan fingerprint density at radius 1 is 0.950 bits per heavy atom. The number of aryl methyl sites for hydroxylation is 1. The Balaban J connectivity index is 1.31. The predicted molar refractivity (Wildman–Crippen MR) is 152 cm³/mol. The first kappa shape index (κ1) is 26.7. The highest BCUT2D eigenvalue weighted by Crippen LogP contribution is 2.37. The number of methoxy groups -OCH3 is 1. The monoisotopic (exact) mass is 558 g/mol. The molecule has 0 unspecified atom stereocenters. The summed E-state index contributed by atoms with van der Waals surface area (Å²) in [6.07, 6.45) is 1.39. The van der Waals surface area contributed by atoms with Gasteiger partial charge >= 0.3 is 6.03 Å². The van der Waals surface area contributed by atoms with Crippen molar-refractivity contribution < 1.29 is 23.4 Å². The van der Waals surface area contributed by atoms with Crippen LogP contribution >= 0.6 is 11.6 Å². The molecule has 1 heterocycles. The van der Waals surface area contributed by atoms with E-state index in [4.69, 9.17) is 25.8 Å². The lowest BCUT2D eigenvalue weighted by molar-refractivity contribution is 0.262. The highest BCUT2D eigenvalue weighted by Gasteiger charge is 2.15. The summed E-state index contributed by atoms with van der Waals surface area (Å²) in [7, 11) is 1.55. The fraction of sp³-hybridized carbons (Fsp3) is 0.100. The molecule has 40 heavy (non-hydrogen) atoms. The Morgan fingerprint density at radius 3 is 2.52 bits per heavy atom. The quantitative estimate of drug-likeness (QED) is 0.202. The normalized spacial score (nSPS) is 10.7. The van der Waals surface area contributed by atoms with Crippen molar-refractivity contribution in [3.8, 4) is 23.1 Å². The first-order valence-corrected chi connectivity index (χ1v) is 12.6. The lowest BCUT2D eigenvalue weighted by Gasteiger charge is -2.14. The predicted octanol–water partition coefficient (Wildman–Crippen LogP) is 7.75. The molecule has 8 nitrogen and oxygen atoms in total. The lowest BCUT2D eigenvalue weighted by atomic mass is 10.2. The summed E-state index contributed by atoms with van der Waals surface area (Å²) >= 11 is 6.41. The summed E-state index contributed by atoms with van der Waals surface area (Å²) in [5, 5.41) is 6.05. The maximum atomic E-state index is 13.8. The molecule has 0 atom stereocenters. The van der Waals surface area contributed by atoms with Crippen LogP contribution in [0.2, 0.25) is 5.02 Å². The van der Waals surface area contributed by atoms with Crippen LogP contribution in [0.15, 0.2) is 85.2 Å². The van der Waals surface area contributed by atoms with Crippen LogP contribution in [0.5, 0.6) is 23.1 Å². The van der Waals surface area contributed by atoms with Crippen molar-refractivity contribution in [2.75, 3.05) is 17.7 Å². The Morgan fingerprint density at radius 2 is 1.77 bits per heavy atom. The minimum atomic E-state index is -0.571. The van der Waals surface area contributed by atoms with Gasteiger partial charge in [-0.3, -0.25) is 0 Å². The summed E-state index contributed by atoms with van der Waals surface area (Å²) in [6.45, 7) is 2.01. The van der Waals surface area contributed by atoms with E-state index >= 15 is 0 Å². The number of nitrogens with zero attached hydrogens (tertiary/aromatic N) is 2. The number of anilines is 2. The van der Waals surface area contributed by atoms with Crippen molar-refractivity contribution in [3.05, 3.63) is 107 Å². The zero-order valence-corrected chi connectivity index (χ0v) is 22.3. The van der Waals surface area contributed by atoms with Crippen molar-refractivity contribution in [1.29, 1.82) is 0 Å². The number of benzene rings is 4. The van der Waals surface area contributed by atoms with Crippen LogP contribution in [0, 0.1) is 12.7 Å². The molecule has 0 spiro atoms. The van der Waals surface area contributed by atoms with Gasteiger partial charge in [-0.2, -0.15) is 0 Å². The summed E-state index contributed by atoms with van der Waals surface area (Å²) < 4.78 is 31.3. The van der Waals surface area contributed by atoms with Gasteiger partial charge in [-0.05, 0) is 48.4 Å². The van der Waals surface area contributed by atoms with Gasteiger partial charge in [0, 0.05) is 17.8 Å². The van der Waals surface area contributed by atoms with Gasteiger partial charge in [0.1, 0.15) is 24.5 Å². The second-order valence-corrected chi connectivity index (χ2v) is 9.17. The molecule has 0 saturated heterocycles. The van der Waals surface area contributed by atoms with Crippen molar-refractivity contribution in [3.63, 3.8) is 0 Å².